The van der Waals surface area contributed by atoms with Gasteiger partial charge < -0.3 is 5.11 Å². The lowest BCUT2D eigenvalue weighted by Gasteiger charge is -2.28. The van der Waals surface area contributed by atoms with Crippen molar-refractivity contribution in [3.8, 4) is 6.07 Å². The van der Waals surface area contributed by atoms with Gasteiger partial charge in [0.25, 0.3) is 0 Å². The highest BCUT2D eigenvalue weighted by Crippen LogP contribution is 2.22. The van der Waals surface area contributed by atoms with Crippen LogP contribution in [0.1, 0.15) is 37.4 Å². The molecule has 0 spiro atoms. The first-order valence-corrected chi connectivity index (χ1v) is 7.17. The Bertz CT molecular complexity index is 819. The number of nitriles is 1. The second kappa shape index (κ2) is 6.03. The van der Waals surface area contributed by atoms with E-state index >= 15 is 0 Å². The van der Waals surface area contributed by atoms with Gasteiger partial charge in [-0.25, -0.2) is 4.79 Å². The highest BCUT2D eigenvalue weighted by molar-refractivity contribution is 6.01. The summed E-state index contributed by atoms with van der Waals surface area (Å²) in [6.45, 7) is 1.41. The monoisotopic (exact) mass is 306 g/mol. The molecule has 1 N–H and O–H groups in total. The molecule has 23 heavy (non-hydrogen) atoms. The van der Waals surface area contributed by atoms with Gasteiger partial charge in [0.15, 0.2) is 5.78 Å². The summed E-state index contributed by atoms with van der Waals surface area (Å²) in [7, 11) is 0. The van der Waals surface area contributed by atoms with Crippen molar-refractivity contribution in [2.24, 2.45) is 0 Å². The molecule has 0 radical (unpaired) electrons. The van der Waals surface area contributed by atoms with Crippen LogP contribution in [-0.2, 0) is 13.1 Å². The number of aromatic carboxylic acids is 1. The maximum Gasteiger partial charge on any atom is 0.335 e. The maximum absolute atomic E-state index is 12.2. The minimum absolute atomic E-state index is 0.00293. The number of carboxylic acid groups (broad SMARTS) is 1. The normalized spacial score (nSPS) is 14.1. The maximum atomic E-state index is 12.2. The summed E-state index contributed by atoms with van der Waals surface area (Å²) in [5, 5.41) is 17.9. The Hall–Kier alpha value is -2.97. The third-order valence-corrected chi connectivity index (χ3v) is 3.90. The van der Waals surface area contributed by atoms with Crippen molar-refractivity contribution < 1.29 is 14.7 Å². The quantitative estimate of drug-likeness (QED) is 0.942. The number of ketones is 1. The highest BCUT2D eigenvalue weighted by atomic mass is 16.4. The number of fused-ring (bicyclic) bond motifs is 1. The fourth-order valence-corrected chi connectivity index (χ4v) is 2.77. The molecule has 0 fully saturated rings. The first kappa shape index (κ1) is 14.9. The van der Waals surface area contributed by atoms with Crippen LogP contribution in [0.4, 0.5) is 0 Å². The van der Waals surface area contributed by atoms with Gasteiger partial charge in [0, 0.05) is 18.7 Å². The Morgan fingerprint density at radius 1 is 1.17 bits per heavy atom. The molecular weight excluding hydrogens is 292 g/mol. The van der Waals surface area contributed by atoms with Crippen LogP contribution in [0.3, 0.4) is 0 Å². The van der Waals surface area contributed by atoms with E-state index in [2.05, 4.69) is 6.07 Å². The second-order valence-electron chi connectivity index (χ2n) is 5.55. The van der Waals surface area contributed by atoms with Gasteiger partial charge in [0.05, 0.1) is 23.7 Å². The number of rotatable bonds is 3. The predicted molar refractivity (Wildman–Crippen MR) is 83.0 cm³/mol. The molecular formula is C18H14N2O3. The van der Waals surface area contributed by atoms with Gasteiger partial charge in [-0.15, -0.1) is 0 Å². The Balaban J connectivity index is 1.81. The summed E-state index contributed by atoms with van der Waals surface area (Å²) in [5.74, 6) is -0.999. The molecule has 1 aliphatic heterocycles. The number of carbonyl (C=O) groups is 2. The zero-order valence-electron chi connectivity index (χ0n) is 12.3. The molecule has 1 heterocycles. The topological polar surface area (TPSA) is 81.4 Å². The molecule has 1 aliphatic rings. The minimum atomic E-state index is -0.996. The van der Waals surface area contributed by atoms with E-state index in [0.717, 1.165) is 11.1 Å². The van der Waals surface area contributed by atoms with Gasteiger partial charge >= 0.3 is 5.97 Å². The molecule has 0 bridgehead atoms. The molecule has 5 heteroatoms. The number of carbonyl (C=O) groups excluding carboxylic acids is 1. The summed E-state index contributed by atoms with van der Waals surface area (Å²) in [6.07, 6.45) is 0. The van der Waals surface area contributed by atoms with Crippen molar-refractivity contribution >= 4 is 11.8 Å². The third-order valence-electron chi connectivity index (χ3n) is 3.90. The smallest absolute Gasteiger partial charge is 0.335 e. The van der Waals surface area contributed by atoms with E-state index in [9.17, 15) is 9.59 Å². The fraction of sp³-hybridized carbons (Fsp3) is 0.167. The van der Waals surface area contributed by atoms with Gasteiger partial charge in [-0.1, -0.05) is 18.2 Å². The number of carboxylic acids is 1. The molecule has 0 unspecified atom stereocenters. The summed E-state index contributed by atoms with van der Waals surface area (Å²) in [6, 6.07) is 13.9. The van der Waals surface area contributed by atoms with E-state index in [1.54, 1.807) is 24.3 Å². The first-order chi connectivity index (χ1) is 11.1. The summed E-state index contributed by atoms with van der Waals surface area (Å²) < 4.78 is 0. The Kier molecular flexibility index (Phi) is 3.92. The Morgan fingerprint density at radius 3 is 2.57 bits per heavy atom. The fourth-order valence-electron chi connectivity index (χ4n) is 2.77. The highest BCUT2D eigenvalue weighted by Gasteiger charge is 2.24. The van der Waals surface area contributed by atoms with E-state index in [4.69, 9.17) is 10.4 Å². The average molecular weight is 306 g/mol. The number of hydrogen-bond acceptors (Lipinski definition) is 4. The van der Waals surface area contributed by atoms with Crippen molar-refractivity contribution in [3.05, 3.63) is 70.3 Å². The molecule has 2 aromatic rings. The molecule has 0 aromatic heterocycles. The summed E-state index contributed by atoms with van der Waals surface area (Å²) in [4.78, 5) is 25.3. The van der Waals surface area contributed by atoms with Gasteiger partial charge in [-0.05, 0) is 35.4 Å². The van der Waals surface area contributed by atoms with Gasteiger partial charge in [-0.2, -0.15) is 5.26 Å². The van der Waals surface area contributed by atoms with E-state index < -0.39 is 5.97 Å². The molecule has 0 saturated heterocycles. The van der Waals surface area contributed by atoms with Crippen LogP contribution < -0.4 is 0 Å². The van der Waals surface area contributed by atoms with Crippen LogP contribution >= 0.6 is 0 Å². The lowest BCUT2D eigenvalue weighted by atomic mass is 9.96. The zero-order chi connectivity index (χ0) is 16.4. The van der Waals surface area contributed by atoms with Gasteiger partial charge in [0.1, 0.15) is 0 Å². The van der Waals surface area contributed by atoms with E-state index in [0.29, 0.717) is 30.8 Å². The Morgan fingerprint density at radius 2 is 1.91 bits per heavy atom. The van der Waals surface area contributed by atoms with Crippen molar-refractivity contribution in [3.63, 3.8) is 0 Å². The lowest BCUT2D eigenvalue weighted by molar-refractivity contribution is 0.0695. The molecule has 0 atom stereocenters. The zero-order valence-corrected chi connectivity index (χ0v) is 12.3. The van der Waals surface area contributed by atoms with Crippen molar-refractivity contribution in [1.29, 1.82) is 5.26 Å². The van der Waals surface area contributed by atoms with Crippen LogP contribution in [0.25, 0.3) is 0 Å². The molecule has 0 amide bonds. The number of Topliss-reactive ketones (excluding diaryl/α,β-unsaturated/α-hetero) is 1. The van der Waals surface area contributed by atoms with E-state index in [-0.39, 0.29) is 11.3 Å². The number of benzene rings is 2. The molecule has 3 rings (SSSR count). The Labute approximate surface area is 133 Å². The molecule has 0 saturated carbocycles. The van der Waals surface area contributed by atoms with Crippen LogP contribution in [0.2, 0.25) is 0 Å². The minimum Gasteiger partial charge on any atom is -0.478 e. The van der Waals surface area contributed by atoms with Crippen molar-refractivity contribution in [2.75, 3.05) is 6.54 Å². The number of nitrogens with zero attached hydrogens (tertiary/aromatic N) is 2. The average Bonchev–Trinajstić information content (AvgIpc) is 2.55. The first-order valence-electron chi connectivity index (χ1n) is 7.17. The summed E-state index contributed by atoms with van der Waals surface area (Å²) >= 11 is 0. The van der Waals surface area contributed by atoms with Crippen LogP contribution in [0.15, 0.2) is 42.5 Å². The molecule has 114 valence electrons. The lowest BCUT2D eigenvalue weighted by Crippen LogP contribution is -2.34. The molecule has 5 nitrogen and oxygen atoms in total. The van der Waals surface area contributed by atoms with Crippen LogP contribution in [-0.4, -0.2) is 28.3 Å². The van der Waals surface area contributed by atoms with E-state index in [1.165, 1.54) is 6.07 Å². The third kappa shape index (κ3) is 3.12. The van der Waals surface area contributed by atoms with Crippen molar-refractivity contribution in [1.82, 2.24) is 4.90 Å². The number of hydrogen-bond donors (Lipinski definition) is 1. The SMILES string of the molecule is N#Cc1ccc(CN2CC(=O)c3ccc(C(=O)O)cc3C2)cc1. The van der Waals surface area contributed by atoms with Gasteiger partial charge in [-0.3, -0.25) is 9.69 Å². The van der Waals surface area contributed by atoms with Crippen LogP contribution in [0.5, 0.6) is 0 Å². The van der Waals surface area contributed by atoms with Crippen molar-refractivity contribution in [2.45, 2.75) is 13.1 Å². The van der Waals surface area contributed by atoms with Gasteiger partial charge in [0.2, 0.25) is 0 Å². The summed E-state index contributed by atoms with van der Waals surface area (Å²) in [5.41, 5.74) is 3.15. The predicted octanol–water partition coefficient (Wildman–Crippen LogP) is 2.45. The molecule has 2 aromatic carbocycles. The molecule has 0 aliphatic carbocycles. The van der Waals surface area contributed by atoms with E-state index in [1.807, 2.05) is 17.0 Å². The standard InChI is InChI=1S/C18H14N2O3/c19-8-12-1-3-13(4-2-12)9-20-10-15-7-14(18(22)23)5-6-16(15)17(21)11-20/h1-7H,9-11H2,(H,22,23). The second-order valence-corrected chi connectivity index (χ2v) is 5.55. The largest absolute Gasteiger partial charge is 0.478 e. The van der Waals surface area contributed by atoms with Crippen LogP contribution in [0, 0.1) is 11.3 Å².